The first kappa shape index (κ1) is 20.4. The number of hydrogen-bond donors (Lipinski definition) is 2. The minimum Gasteiger partial charge on any atom is -0.497 e. The number of benzene rings is 2. The number of hydrogen-bond acceptors (Lipinski definition) is 4. The SMILES string of the molecule is COc1ccc(C2(C(=O)Nc3ccc(CC(=O)NC4CC4)cc3)CCOCC2)cc1. The normalized spacial score (nSPS) is 17.8. The molecule has 0 unspecified atom stereocenters. The molecule has 1 heterocycles. The van der Waals surface area contributed by atoms with Crippen LogP contribution in [0.1, 0.15) is 36.8 Å². The van der Waals surface area contributed by atoms with Crippen molar-refractivity contribution in [2.24, 2.45) is 0 Å². The van der Waals surface area contributed by atoms with Gasteiger partial charge < -0.3 is 20.1 Å². The number of carbonyl (C=O) groups excluding carboxylic acids is 2. The Labute approximate surface area is 177 Å². The molecule has 2 amide bonds. The van der Waals surface area contributed by atoms with Gasteiger partial charge in [-0.3, -0.25) is 9.59 Å². The lowest BCUT2D eigenvalue weighted by Crippen LogP contribution is -2.44. The number of rotatable bonds is 7. The molecule has 0 aromatic heterocycles. The van der Waals surface area contributed by atoms with Crippen LogP contribution in [0.3, 0.4) is 0 Å². The minimum absolute atomic E-state index is 0.0322. The summed E-state index contributed by atoms with van der Waals surface area (Å²) in [5.74, 6) is 0.785. The van der Waals surface area contributed by atoms with E-state index in [4.69, 9.17) is 9.47 Å². The molecule has 2 aliphatic rings. The maximum atomic E-state index is 13.4. The summed E-state index contributed by atoms with van der Waals surface area (Å²) in [6, 6.07) is 15.6. The van der Waals surface area contributed by atoms with Crippen LogP contribution in [0.25, 0.3) is 0 Å². The van der Waals surface area contributed by atoms with E-state index in [2.05, 4.69) is 10.6 Å². The number of ether oxygens (including phenoxy) is 2. The summed E-state index contributed by atoms with van der Waals surface area (Å²) < 4.78 is 10.8. The third kappa shape index (κ3) is 4.65. The van der Waals surface area contributed by atoms with E-state index in [0.717, 1.165) is 35.4 Å². The summed E-state index contributed by atoms with van der Waals surface area (Å²) in [6.45, 7) is 1.10. The van der Waals surface area contributed by atoms with Gasteiger partial charge in [0.1, 0.15) is 5.75 Å². The molecule has 158 valence electrons. The van der Waals surface area contributed by atoms with Gasteiger partial charge in [-0.25, -0.2) is 0 Å². The molecule has 2 aromatic carbocycles. The van der Waals surface area contributed by atoms with Gasteiger partial charge in [-0.2, -0.15) is 0 Å². The van der Waals surface area contributed by atoms with Gasteiger partial charge in [-0.15, -0.1) is 0 Å². The predicted octanol–water partition coefficient (Wildman–Crippen LogP) is 3.20. The summed E-state index contributed by atoms with van der Waals surface area (Å²) in [7, 11) is 1.63. The van der Waals surface area contributed by atoms with Crippen molar-refractivity contribution in [3.05, 3.63) is 59.7 Å². The molecule has 4 rings (SSSR count). The maximum Gasteiger partial charge on any atom is 0.235 e. The Kier molecular flexibility index (Phi) is 6.04. The first-order valence-corrected chi connectivity index (χ1v) is 10.5. The van der Waals surface area contributed by atoms with Crippen LogP contribution in [0.5, 0.6) is 5.75 Å². The van der Waals surface area contributed by atoms with Crippen LogP contribution >= 0.6 is 0 Å². The average molecular weight is 408 g/mol. The Hall–Kier alpha value is -2.86. The van der Waals surface area contributed by atoms with Crippen LogP contribution in [0.2, 0.25) is 0 Å². The topological polar surface area (TPSA) is 76.7 Å². The summed E-state index contributed by atoms with van der Waals surface area (Å²) >= 11 is 0. The summed E-state index contributed by atoms with van der Waals surface area (Å²) in [5, 5.41) is 6.07. The molecule has 2 aromatic rings. The standard InChI is InChI=1S/C24H28N2O4/c1-29-21-10-4-18(5-11-21)24(12-14-30-15-13-24)23(28)26-20-6-2-17(3-7-20)16-22(27)25-19-8-9-19/h2-7,10-11,19H,8-9,12-16H2,1H3,(H,25,27)(H,26,28). The summed E-state index contributed by atoms with van der Waals surface area (Å²) in [6.07, 6.45) is 3.78. The number of methoxy groups -OCH3 is 1. The van der Waals surface area contributed by atoms with E-state index < -0.39 is 5.41 Å². The van der Waals surface area contributed by atoms with Crippen LogP contribution in [0, 0.1) is 0 Å². The molecule has 30 heavy (non-hydrogen) atoms. The Bertz CT molecular complexity index is 882. The van der Waals surface area contributed by atoms with Gasteiger partial charge in [0.15, 0.2) is 0 Å². The van der Waals surface area contributed by atoms with Crippen molar-refractivity contribution in [3.63, 3.8) is 0 Å². The Morgan fingerprint density at radius 2 is 1.70 bits per heavy atom. The van der Waals surface area contributed by atoms with Crippen molar-refractivity contribution >= 4 is 17.5 Å². The molecule has 1 saturated carbocycles. The van der Waals surface area contributed by atoms with Crippen molar-refractivity contribution in [1.29, 1.82) is 0 Å². The van der Waals surface area contributed by atoms with Crippen molar-refractivity contribution in [2.45, 2.75) is 43.6 Å². The van der Waals surface area contributed by atoms with E-state index in [1.165, 1.54) is 0 Å². The zero-order valence-corrected chi connectivity index (χ0v) is 17.3. The molecule has 0 atom stereocenters. The Balaban J connectivity index is 1.46. The Morgan fingerprint density at radius 1 is 1.03 bits per heavy atom. The molecule has 6 nitrogen and oxygen atoms in total. The van der Waals surface area contributed by atoms with Crippen molar-refractivity contribution in [2.75, 3.05) is 25.6 Å². The van der Waals surface area contributed by atoms with Crippen molar-refractivity contribution < 1.29 is 19.1 Å². The third-order valence-electron chi connectivity index (χ3n) is 5.94. The predicted molar refractivity (Wildman–Crippen MR) is 115 cm³/mol. The van der Waals surface area contributed by atoms with Crippen molar-refractivity contribution in [3.8, 4) is 5.75 Å². The fraction of sp³-hybridized carbons (Fsp3) is 0.417. The third-order valence-corrected chi connectivity index (χ3v) is 5.94. The zero-order chi connectivity index (χ0) is 21.0. The van der Waals surface area contributed by atoms with Gasteiger partial charge in [0.25, 0.3) is 0 Å². The molecule has 1 saturated heterocycles. The average Bonchev–Trinajstić information content (AvgIpc) is 3.59. The quantitative estimate of drug-likeness (QED) is 0.738. The highest BCUT2D eigenvalue weighted by Gasteiger charge is 2.41. The van der Waals surface area contributed by atoms with Gasteiger partial charge in [0, 0.05) is 24.9 Å². The van der Waals surface area contributed by atoms with E-state index in [9.17, 15) is 9.59 Å². The van der Waals surface area contributed by atoms with E-state index in [1.54, 1.807) is 7.11 Å². The molecule has 0 spiro atoms. The van der Waals surface area contributed by atoms with E-state index >= 15 is 0 Å². The smallest absolute Gasteiger partial charge is 0.235 e. The largest absolute Gasteiger partial charge is 0.497 e. The summed E-state index contributed by atoms with van der Waals surface area (Å²) in [4.78, 5) is 25.3. The van der Waals surface area contributed by atoms with Gasteiger partial charge in [0.2, 0.25) is 11.8 Å². The highest BCUT2D eigenvalue weighted by molar-refractivity contribution is 5.99. The van der Waals surface area contributed by atoms with Crippen LogP contribution < -0.4 is 15.4 Å². The molecule has 0 bridgehead atoms. The van der Waals surface area contributed by atoms with E-state index in [-0.39, 0.29) is 11.8 Å². The van der Waals surface area contributed by atoms with Gasteiger partial charge in [0.05, 0.1) is 18.9 Å². The molecule has 1 aliphatic heterocycles. The monoisotopic (exact) mass is 408 g/mol. The highest BCUT2D eigenvalue weighted by atomic mass is 16.5. The lowest BCUT2D eigenvalue weighted by atomic mass is 9.73. The van der Waals surface area contributed by atoms with Crippen LogP contribution in [0.15, 0.2) is 48.5 Å². The number of nitrogens with one attached hydrogen (secondary N) is 2. The first-order valence-electron chi connectivity index (χ1n) is 10.5. The second kappa shape index (κ2) is 8.88. The van der Waals surface area contributed by atoms with Crippen LogP contribution in [-0.2, 0) is 26.2 Å². The van der Waals surface area contributed by atoms with Crippen LogP contribution in [0.4, 0.5) is 5.69 Å². The maximum absolute atomic E-state index is 13.4. The molecule has 1 aliphatic carbocycles. The fourth-order valence-electron chi connectivity index (χ4n) is 3.93. The van der Waals surface area contributed by atoms with Gasteiger partial charge >= 0.3 is 0 Å². The number of amides is 2. The minimum atomic E-state index is -0.632. The molecule has 2 fully saturated rings. The first-order chi connectivity index (χ1) is 14.6. The lowest BCUT2D eigenvalue weighted by molar-refractivity contribution is -0.125. The lowest BCUT2D eigenvalue weighted by Gasteiger charge is -2.36. The fourth-order valence-corrected chi connectivity index (χ4v) is 3.93. The number of carbonyl (C=O) groups is 2. The molecule has 2 N–H and O–H groups in total. The van der Waals surface area contributed by atoms with Gasteiger partial charge in [-0.1, -0.05) is 24.3 Å². The van der Waals surface area contributed by atoms with Crippen LogP contribution in [-0.4, -0.2) is 38.2 Å². The Morgan fingerprint density at radius 3 is 2.30 bits per heavy atom. The second-order valence-corrected chi connectivity index (χ2v) is 8.09. The van der Waals surface area contributed by atoms with E-state index in [1.807, 2.05) is 48.5 Å². The molecule has 6 heteroatoms. The molecular formula is C24H28N2O4. The zero-order valence-electron chi connectivity index (χ0n) is 17.3. The number of anilines is 1. The van der Waals surface area contributed by atoms with E-state index in [0.29, 0.717) is 38.5 Å². The summed E-state index contributed by atoms with van der Waals surface area (Å²) in [5.41, 5.74) is 2.00. The van der Waals surface area contributed by atoms with Crippen molar-refractivity contribution in [1.82, 2.24) is 5.32 Å². The second-order valence-electron chi connectivity index (χ2n) is 8.09. The van der Waals surface area contributed by atoms with Gasteiger partial charge in [-0.05, 0) is 61.1 Å². The highest BCUT2D eigenvalue weighted by Crippen LogP contribution is 2.37. The molecule has 0 radical (unpaired) electrons. The molecular weight excluding hydrogens is 380 g/mol.